The SMILES string of the molecule is N[C@@H]1c2ncccc2CC12CCN(c1cnc(Sc3nccnc3C(F)(F)F)cn1)CC2. The van der Waals surface area contributed by atoms with Gasteiger partial charge in [-0.3, -0.25) is 4.98 Å². The summed E-state index contributed by atoms with van der Waals surface area (Å²) in [5.41, 5.74) is 7.79. The van der Waals surface area contributed by atoms with Gasteiger partial charge in [0.05, 0.1) is 24.1 Å². The van der Waals surface area contributed by atoms with Crippen molar-refractivity contribution in [2.75, 3.05) is 18.0 Å². The number of alkyl halides is 3. The Kier molecular flexibility index (Phi) is 5.25. The van der Waals surface area contributed by atoms with Gasteiger partial charge in [-0.1, -0.05) is 6.07 Å². The number of piperidine rings is 1. The van der Waals surface area contributed by atoms with Crippen molar-refractivity contribution in [2.45, 2.75) is 41.5 Å². The van der Waals surface area contributed by atoms with Gasteiger partial charge in [-0.15, -0.1) is 0 Å². The third-order valence-corrected chi connectivity index (χ3v) is 7.17. The van der Waals surface area contributed by atoms with E-state index in [4.69, 9.17) is 5.73 Å². The normalized spacial score (nSPS) is 19.9. The molecule has 4 heterocycles. The van der Waals surface area contributed by atoms with E-state index in [1.165, 1.54) is 18.0 Å². The fourth-order valence-corrected chi connectivity index (χ4v) is 5.33. The van der Waals surface area contributed by atoms with Crippen LogP contribution in [0.4, 0.5) is 19.0 Å². The molecule has 0 unspecified atom stereocenters. The number of hydrogen-bond donors (Lipinski definition) is 1. The highest BCUT2D eigenvalue weighted by atomic mass is 32.2. The van der Waals surface area contributed by atoms with Crippen LogP contribution in [0.15, 0.2) is 53.2 Å². The molecule has 3 aromatic rings. The molecule has 166 valence electrons. The van der Waals surface area contributed by atoms with Crippen molar-refractivity contribution >= 4 is 17.6 Å². The van der Waals surface area contributed by atoms with Crippen LogP contribution < -0.4 is 10.6 Å². The second-order valence-corrected chi connectivity index (χ2v) is 9.08. The van der Waals surface area contributed by atoms with E-state index in [1.807, 2.05) is 6.07 Å². The van der Waals surface area contributed by atoms with Gasteiger partial charge in [0.2, 0.25) is 0 Å². The van der Waals surface area contributed by atoms with Gasteiger partial charge in [-0.2, -0.15) is 13.2 Å². The number of anilines is 1. The summed E-state index contributed by atoms with van der Waals surface area (Å²) >= 11 is 0.796. The Hall–Kier alpha value is -2.79. The molecule has 0 aromatic carbocycles. The second-order valence-electron chi connectivity index (χ2n) is 8.07. The molecular weight excluding hydrogens is 439 g/mol. The third-order valence-electron chi connectivity index (χ3n) is 6.26. The lowest BCUT2D eigenvalue weighted by Gasteiger charge is -2.42. The molecule has 2 aliphatic rings. The standard InChI is InChI=1S/C21H20F3N7S/c22-21(23,24)18-19(28-7-6-27-18)32-15-12-29-14(11-30-15)31-8-3-20(4-9-31)10-13-2-1-5-26-16(13)17(20)25/h1-2,5-7,11-12,17H,3-4,8-10,25H2/t17-/m1/s1. The summed E-state index contributed by atoms with van der Waals surface area (Å²) in [6, 6.07) is 3.99. The average Bonchev–Trinajstić information content (AvgIpc) is 3.06. The maximum atomic E-state index is 13.1. The summed E-state index contributed by atoms with van der Waals surface area (Å²) in [5.74, 6) is 0.696. The second kappa shape index (κ2) is 7.96. The summed E-state index contributed by atoms with van der Waals surface area (Å²) in [7, 11) is 0. The molecule has 1 saturated heterocycles. The molecule has 32 heavy (non-hydrogen) atoms. The first-order valence-electron chi connectivity index (χ1n) is 10.2. The Bertz CT molecular complexity index is 1110. The van der Waals surface area contributed by atoms with Crippen molar-refractivity contribution in [2.24, 2.45) is 11.1 Å². The van der Waals surface area contributed by atoms with E-state index in [9.17, 15) is 13.2 Å². The summed E-state index contributed by atoms with van der Waals surface area (Å²) < 4.78 is 39.4. The van der Waals surface area contributed by atoms with E-state index >= 15 is 0 Å². The largest absolute Gasteiger partial charge is 0.436 e. The lowest BCUT2D eigenvalue weighted by atomic mass is 9.73. The number of fused-ring (bicyclic) bond motifs is 1. The van der Waals surface area contributed by atoms with E-state index in [0.717, 1.165) is 56.0 Å². The zero-order valence-corrected chi connectivity index (χ0v) is 17.8. The molecule has 1 fully saturated rings. The van der Waals surface area contributed by atoms with E-state index in [0.29, 0.717) is 10.8 Å². The van der Waals surface area contributed by atoms with E-state index < -0.39 is 11.9 Å². The average molecular weight is 460 g/mol. The maximum Gasteiger partial charge on any atom is 0.436 e. The summed E-state index contributed by atoms with van der Waals surface area (Å²) in [6.45, 7) is 1.57. The first-order chi connectivity index (χ1) is 15.4. The number of halogens is 3. The molecule has 7 nitrogen and oxygen atoms in total. The topological polar surface area (TPSA) is 93.7 Å². The van der Waals surface area contributed by atoms with Gasteiger partial charge in [0, 0.05) is 31.7 Å². The van der Waals surface area contributed by atoms with Crippen LogP contribution in [0.1, 0.15) is 35.8 Å². The van der Waals surface area contributed by atoms with Crippen LogP contribution in [-0.4, -0.2) is 38.0 Å². The molecule has 0 amide bonds. The molecule has 0 radical (unpaired) electrons. The number of nitrogens with zero attached hydrogens (tertiary/aromatic N) is 6. The van der Waals surface area contributed by atoms with Gasteiger partial charge in [0.1, 0.15) is 15.9 Å². The Balaban J connectivity index is 1.26. The molecule has 1 spiro atoms. The van der Waals surface area contributed by atoms with Crippen LogP contribution in [0.25, 0.3) is 0 Å². The highest BCUT2D eigenvalue weighted by molar-refractivity contribution is 7.99. The van der Waals surface area contributed by atoms with Gasteiger partial charge in [-0.25, -0.2) is 19.9 Å². The van der Waals surface area contributed by atoms with Crippen LogP contribution in [0.2, 0.25) is 0 Å². The van der Waals surface area contributed by atoms with Gasteiger partial charge < -0.3 is 10.6 Å². The molecule has 0 bridgehead atoms. The minimum absolute atomic E-state index is 0.0103. The first-order valence-corrected chi connectivity index (χ1v) is 11.0. The van der Waals surface area contributed by atoms with Gasteiger partial charge in [-0.05, 0) is 48.1 Å². The highest BCUT2D eigenvalue weighted by Gasteiger charge is 2.46. The van der Waals surface area contributed by atoms with E-state index in [-0.39, 0.29) is 16.5 Å². The molecule has 2 N–H and O–H groups in total. The Morgan fingerprint density at radius 3 is 2.47 bits per heavy atom. The molecule has 5 rings (SSSR count). The quantitative estimate of drug-likeness (QED) is 0.634. The fourth-order valence-electron chi connectivity index (χ4n) is 4.55. The Morgan fingerprint density at radius 1 is 1.00 bits per heavy atom. The van der Waals surface area contributed by atoms with E-state index in [2.05, 4.69) is 35.9 Å². The first kappa shape index (κ1) is 21.1. The number of aromatic nitrogens is 5. The van der Waals surface area contributed by atoms with E-state index in [1.54, 1.807) is 12.4 Å². The van der Waals surface area contributed by atoms with Crippen LogP contribution in [0.5, 0.6) is 0 Å². The molecule has 3 aromatic heterocycles. The van der Waals surface area contributed by atoms with Crippen LogP contribution in [0, 0.1) is 5.41 Å². The van der Waals surface area contributed by atoms with Gasteiger partial charge in [0.15, 0.2) is 5.69 Å². The van der Waals surface area contributed by atoms with Crippen LogP contribution in [0.3, 0.4) is 0 Å². The lowest BCUT2D eigenvalue weighted by molar-refractivity contribution is -0.143. The lowest BCUT2D eigenvalue weighted by Crippen LogP contribution is -2.44. The molecule has 1 aliphatic carbocycles. The molecule has 1 aliphatic heterocycles. The number of nitrogens with two attached hydrogens (primary N) is 1. The van der Waals surface area contributed by atoms with Crippen molar-refractivity contribution in [1.29, 1.82) is 0 Å². The number of pyridine rings is 1. The summed E-state index contributed by atoms with van der Waals surface area (Å²) in [6.07, 6.45) is 5.29. The predicted octanol–water partition coefficient (Wildman–Crippen LogP) is 3.67. The zero-order chi connectivity index (χ0) is 22.3. The van der Waals surface area contributed by atoms with Crippen LogP contribution in [-0.2, 0) is 12.6 Å². The fraction of sp³-hybridized carbons (Fsp3) is 0.381. The molecule has 0 saturated carbocycles. The minimum Gasteiger partial charge on any atom is -0.355 e. The highest BCUT2D eigenvalue weighted by Crippen LogP contribution is 2.50. The van der Waals surface area contributed by atoms with Crippen LogP contribution >= 0.6 is 11.8 Å². The zero-order valence-electron chi connectivity index (χ0n) is 17.0. The van der Waals surface area contributed by atoms with Crippen molar-refractivity contribution in [3.63, 3.8) is 0 Å². The van der Waals surface area contributed by atoms with Crippen molar-refractivity contribution in [3.05, 3.63) is 60.1 Å². The molecule has 11 heteroatoms. The maximum absolute atomic E-state index is 13.1. The number of hydrogen-bond acceptors (Lipinski definition) is 8. The predicted molar refractivity (Wildman–Crippen MR) is 112 cm³/mol. The Labute approximate surface area is 186 Å². The smallest absolute Gasteiger partial charge is 0.355 e. The minimum atomic E-state index is -4.58. The third kappa shape index (κ3) is 3.79. The number of rotatable bonds is 3. The molecule has 1 atom stereocenters. The van der Waals surface area contributed by atoms with Gasteiger partial charge >= 0.3 is 6.18 Å². The summed E-state index contributed by atoms with van der Waals surface area (Å²) in [4.78, 5) is 22.6. The van der Waals surface area contributed by atoms with Gasteiger partial charge in [0.25, 0.3) is 0 Å². The summed E-state index contributed by atoms with van der Waals surface area (Å²) in [5, 5.41) is 0.0814. The molecular formula is C21H20F3N7S. The van der Waals surface area contributed by atoms with Crippen molar-refractivity contribution in [3.8, 4) is 0 Å². The van der Waals surface area contributed by atoms with Crippen molar-refractivity contribution in [1.82, 2.24) is 24.9 Å². The Morgan fingerprint density at radius 2 is 1.78 bits per heavy atom. The van der Waals surface area contributed by atoms with Crippen molar-refractivity contribution < 1.29 is 13.2 Å². The monoisotopic (exact) mass is 459 g/mol.